The van der Waals surface area contributed by atoms with Gasteiger partial charge in [0.2, 0.25) is 0 Å². The quantitative estimate of drug-likeness (QED) is 0.542. The zero-order valence-corrected chi connectivity index (χ0v) is 5.35. The Morgan fingerprint density at radius 1 is 1.75 bits per heavy atom. The highest BCUT2D eigenvalue weighted by Gasteiger charge is 2.36. The van der Waals surface area contributed by atoms with Crippen LogP contribution in [0.1, 0.15) is 20.3 Å². The summed E-state index contributed by atoms with van der Waals surface area (Å²) in [4.78, 5) is 0. The van der Waals surface area contributed by atoms with Crippen molar-refractivity contribution in [1.82, 2.24) is 0 Å². The molecular formula is C6H12O2. The van der Waals surface area contributed by atoms with Crippen molar-refractivity contribution in [3.8, 4) is 0 Å². The second kappa shape index (κ2) is 1.71. The third kappa shape index (κ3) is 1.01. The van der Waals surface area contributed by atoms with Gasteiger partial charge < -0.3 is 9.84 Å². The summed E-state index contributed by atoms with van der Waals surface area (Å²) in [7, 11) is 0. The third-order valence-corrected chi connectivity index (χ3v) is 1.41. The Bertz CT molecular complexity index is 80.5. The van der Waals surface area contributed by atoms with E-state index < -0.39 is 0 Å². The summed E-state index contributed by atoms with van der Waals surface area (Å²) < 4.78 is 5.23. The standard InChI is InChI=1S/C6H12O2/c1-6(2)3-5(4-7)8-6/h5,7H,3-4H2,1-2H3. The Morgan fingerprint density at radius 2 is 2.25 bits per heavy atom. The van der Waals surface area contributed by atoms with E-state index in [1.807, 2.05) is 13.8 Å². The van der Waals surface area contributed by atoms with Crippen LogP contribution in [0.25, 0.3) is 0 Å². The lowest BCUT2D eigenvalue weighted by Crippen LogP contribution is -2.47. The van der Waals surface area contributed by atoms with E-state index in [1.54, 1.807) is 0 Å². The molecule has 8 heavy (non-hydrogen) atoms. The normalized spacial score (nSPS) is 34.1. The van der Waals surface area contributed by atoms with Crippen LogP contribution in [-0.2, 0) is 4.74 Å². The molecule has 0 aromatic carbocycles. The van der Waals surface area contributed by atoms with E-state index in [0.29, 0.717) is 0 Å². The molecule has 1 rings (SSSR count). The molecule has 2 nitrogen and oxygen atoms in total. The molecule has 1 atom stereocenters. The Hall–Kier alpha value is -0.0800. The fourth-order valence-electron chi connectivity index (χ4n) is 1.09. The lowest BCUT2D eigenvalue weighted by Gasteiger charge is -2.42. The topological polar surface area (TPSA) is 29.5 Å². The van der Waals surface area contributed by atoms with Gasteiger partial charge in [-0.3, -0.25) is 0 Å². The first-order valence-corrected chi connectivity index (χ1v) is 2.93. The van der Waals surface area contributed by atoms with Crippen molar-refractivity contribution in [3.63, 3.8) is 0 Å². The van der Waals surface area contributed by atoms with Gasteiger partial charge in [-0.05, 0) is 13.8 Å². The van der Waals surface area contributed by atoms with Gasteiger partial charge in [-0.1, -0.05) is 0 Å². The maximum atomic E-state index is 8.49. The van der Waals surface area contributed by atoms with E-state index in [0.717, 1.165) is 6.42 Å². The largest absolute Gasteiger partial charge is 0.394 e. The Kier molecular flexibility index (Phi) is 1.29. The first-order valence-electron chi connectivity index (χ1n) is 2.93. The molecule has 0 saturated carbocycles. The molecule has 0 bridgehead atoms. The van der Waals surface area contributed by atoms with Crippen LogP contribution in [-0.4, -0.2) is 23.4 Å². The summed E-state index contributed by atoms with van der Waals surface area (Å²) in [6.45, 7) is 4.22. The van der Waals surface area contributed by atoms with Crippen molar-refractivity contribution in [3.05, 3.63) is 0 Å². The van der Waals surface area contributed by atoms with Gasteiger partial charge >= 0.3 is 0 Å². The summed E-state index contributed by atoms with van der Waals surface area (Å²) in [6, 6.07) is 0. The van der Waals surface area contributed by atoms with Crippen molar-refractivity contribution < 1.29 is 9.84 Å². The second-order valence-electron chi connectivity index (χ2n) is 2.89. The minimum absolute atomic E-state index is 0.0351. The highest BCUT2D eigenvalue weighted by atomic mass is 16.5. The predicted molar refractivity (Wildman–Crippen MR) is 30.7 cm³/mol. The van der Waals surface area contributed by atoms with Gasteiger partial charge in [0.15, 0.2) is 0 Å². The Morgan fingerprint density at radius 3 is 2.38 bits per heavy atom. The van der Waals surface area contributed by atoms with Crippen LogP contribution in [0.3, 0.4) is 0 Å². The Labute approximate surface area is 49.5 Å². The first kappa shape index (κ1) is 6.05. The fraction of sp³-hybridized carbons (Fsp3) is 1.00. The summed E-state index contributed by atoms with van der Waals surface area (Å²) in [5.41, 5.74) is 0.0351. The van der Waals surface area contributed by atoms with Crippen LogP contribution >= 0.6 is 0 Å². The van der Waals surface area contributed by atoms with Gasteiger partial charge in [0.25, 0.3) is 0 Å². The van der Waals surface area contributed by atoms with Crippen molar-refractivity contribution in [2.45, 2.75) is 32.0 Å². The Balaban J connectivity index is 2.21. The average molecular weight is 116 g/mol. The molecule has 1 unspecified atom stereocenters. The van der Waals surface area contributed by atoms with Crippen molar-refractivity contribution in [2.24, 2.45) is 0 Å². The van der Waals surface area contributed by atoms with Crippen LogP contribution in [0.5, 0.6) is 0 Å². The van der Waals surface area contributed by atoms with Crippen LogP contribution in [0.2, 0.25) is 0 Å². The first-order chi connectivity index (χ1) is 3.64. The molecule has 1 fully saturated rings. The summed E-state index contributed by atoms with van der Waals surface area (Å²) in [6.07, 6.45) is 1.11. The second-order valence-corrected chi connectivity index (χ2v) is 2.89. The van der Waals surface area contributed by atoms with E-state index in [-0.39, 0.29) is 18.3 Å². The lowest BCUT2D eigenvalue weighted by molar-refractivity contribution is -0.197. The molecular weight excluding hydrogens is 104 g/mol. The molecule has 48 valence electrons. The van der Waals surface area contributed by atoms with Gasteiger partial charge in [0.05, 0.1) is 18.3 Å². The molecule has 0 aromatic rings. The van der Waals surface area contributed by atoms with E-state index >= 15 is 0 Å². The monoisotopic (exact) mass is 116 g/mol. The van der Waals surface area contributed by atoms with E-state index in [9.17, 15) is 0 Å². The minimum atomic E-state index is 0.0351. The van der Waals surface area contributed by atoms with Gasteiger partial charge in [0.1, 0.15) is 0 Å². The van der Waals surface area contributed by atoms with Gasteiger partial charge in [0, 0.05) is 6.42 Å². The number of aliphatic hydroxyl groups is 1. The van der Waals surface area contributed by atoms with Crippen LogP contribution < -0.4 is 0 Å². The zero-order valence-electron chi connectivity index (χ0n) is 5.35. The van der Waals surface area contributed by atoms with Crippen molar-refractivity contribution >= 4 is 0 Å². The molecule has 1 N–H and O–H groups in total. The van der Waals surface area contributed by atoms with E-state index in [2.05, 4.69) is 0 Å². The summed E-state index contributed by atoms with van der Waals surface area (Å²) in [5, 5.41) is 8.49. The highest BCUT2D eigenvalue weighted by Crippen LogP contribution is 2.30. The molecule has 0 aromatic heterocycles. The summed E-state index contributed by atoms with van der Waals surface area (Å²) >= 11 is 0. The number of ether oxygens (including phenoxy) is 1. The predicted octanol–water partition coefficient (Wildman–Crippen LogP) is 0.546. The van der Waals surface area contributed by atoms with E-state index in [4.69, 9.17) is 9.84 Å². The molecule has 1 heterocycles. The maximum Gasteiger partial charge on any atom is 0.0840 e. The van der Waals surface area contributed by atoms with Crippen LogP contribution in [0, 0.1) is 0 Å². The molecule has 1 aliphatic rings. The van der Waals surface area contributed by atoms with Crippen LogP contribution in [0.4, 0.5) is 0 Å². The minimum Gasteiger partial charge on any atom is -0.394 e. The third-order valence-electron chi connectivity index (χ3n) is 1.41. The molecule has 1 aliphatic heterocycles. The van der Waals surface area contributed by atoms with Crippen molar-refractivity contribution in [2.75, 3.05) is 6.61 Å². The van der Waals surface area contributed by atoms with Crippen molar-refractivity contribution in [1.29, 1.82) is 0 Å². The fourth-order valence-corrected chi connectivity index (χ4v) is 1.09. The SMILES string of the molecule is CC1(C)CC(CO)O1. The van der Waals surface area contributed by atoms with Gasteiger partial charge in [-0.25, -0.2) is 0 Å². The zero-order chi connectivity index (χ0) is 6.20. The number of aliphatic hydroxyl groups excluding tert-OH is 1. The molecule has 0 radical (unpaired) electrons. The molecule has 0 spiro atoms. The maximum absolute atomic E-state index is 8.49. The molecule has 0 amide bonds. The number of hydrogen-bond donors (Lipinski definition) is 1. The smallest absolute Gasteiger partial charge is 0.0840 e. The van der Waals surface area contributed by atoms with E-state index in [1.165, 1.54) is 0 Å². The highest BCUT2D eigenvalue weighted by molar-refractivity contribution is 4.84. The average Bonchev–Trinajstić information content (AvgIpc) is 1.60. The molecule has 0 aliphatic carbocycles. The number of hydrogen-bond acceptors (Lipinski definition) is 2. The summed E-state index contributed by atoms with van der Waals surface area (Å²) in [5.74, 6) is 0. The lowest BCUT2D eigenvalue weighted by atomic mass is 9.94. The van der Waals surface area contributed by atoms with Gasteiger partial charge in [-0.2, -0.15) is 0 Å². The molecule has 2 heteroatoms. The number of rotatable bonds is 1. The molecule has 1 saturated heterocycles. The van der Waals surface area contributed by atoms with Gasteiger partial charge in [-0.15, -0.1) is 0 Å². The van der Waals surface area contributed by atoms with Crippen LogP contribution in [0.15, 0.2) is 0 Å².